The first-order valence-electron chi connectivity index (χ1n) is 8.92. The lowest BCUT2D eigenvalue weighted by Crippen LogP contribution is -2.62. The summed E-state index contributed by atoms with van der Waals surface area (Å²) in [5.41, 5.74) is 0. The van der Waals surface area contributed by atoms with Crippen molar-refractivity contribution < 1.29 is 24.4 Å². The second kappa shape index (κ2) is 5.42. The maximum atomic E-state index is 11.2. The van der Waals surface area contributed by atoms with Crippen LogP contribution in [0.2, 0.25) is 0 Å². The number of fused-ring (bicyclic) bond motifs is 1. The van der Waals surface area contributed by atoms with Crippen LogP contribution >= 0.6 is 0 Å². The average molecular weight is 312 g/mol. The third-order valence-electron chi connectivity index (χ3n) is 5.96. The highest BCUT2D eigenvalue weighted by Gasteiger charge is 2.64. The zero-order chi connectivity index (χ0) is 15.4. The summed E-state index contributed by atoms with van der Waals surface area (Å²) in [7, 11) is 0. The lowest BCUT2D eigenvalue weighted by atomic mass is 9.84. The average Bonchev–Trinajstić information content (AvgIpc) is 3.18. The van der Waals surface area contributed by atoms with E-state index in [9.17, 15) is 5.11 Å². The molecular formula is C17H28O5. The molecule has 0 radical (unpaired) electrons. The fourth-order valence-electron chi connectivity index (χ4n) is 4.86. The molecule has 2 heterocycles. The minimum absolute atomic E-state index is 0.0713. The molecule has 2 aliphatic carbocycles. The smallest absolute Gasteiger partial charge is 0.231 e. The molecule has 22 heavy (non-hydrogen) atoms. The Balaban J connectivity index is 1.60. The molecule has 1 unspecified atom stereocenters. The Morgan fingerprint density at radius 2 is 1.50 bits per heavy atom. The predicted octanol–water partition coefficient (Wildman–Crippen LogP) is 2.91. The fraction of sp³-hybridized carbons (Fsp3) is 1.00. The summed E-state index contributed by atoms with van der Waals surface area (Å²) in [6.07, 6.45) is 8.11. The first kappa shape index (κ1) is 15.3. The van der Waals surface area contributed by atoms with Crippen molar-refractivity contribution >= 4 is 0 Å². The third kappa shape index (κ3) is 2.42. The van der Waals surface area contributed by atoms with Gasteiger partial charge in [0.25, 0.3) is 0 Å². The zero-order valence-corrected chi connectivity index (χ0v) is 13.6. The van der Waals surface area contributed by atoms with Gasteiger partial charge in [-0.25, -0.2) is 4.89 Å². The first-order chi connectivity index (χ1) is 10.5. The highest BCUT2D eigenvalue weighted by atomic mass is 17.2. The van der Waals surface area contributed by atoms with Crippen LogP contribution < -0.4 is 0 Å². The van der Waals surface area contributed by atoms with E-state index in [-0.39, 0.29) is 18.1 Å². The molecule has 2 saturated heterocycles. The van der Waals surface area contributed by atoms with Crippen molar-refractivity contribution in [3.8, 4) is 0 Å². The van der Waals surface area contributed by atoms with E-state index >= 15 is 0 Å². The Morgan fingerprint density at radius 1 is 0.864 bits per heavy atom. The van der Waals surface area contributed by atoms with E-state index in [1.165, 1.54) is 12.8 Å². The summed E-state index contributed by atoms with van der Waals surface area (Å²) >= 11 is 0. The van der Waals surface area contributed by atoms with Crippen molar-refractivity contribution in [3.63, 3.8) is 0 Å². The zero-order valence-electron chi connectivity index (χ0n) is 13.6. The third-order valence-corrected chi connectivity index (χ3v) is 5.96. The van der Waals surface area contributed by atoms with E-state index in [1.54, 1.807) is 0 Å². The summed E-state index contributed by atoms with van der Waals surface area (Å²) in [5.74, 6) is -1.56. The second-order valence-electron chi connectivity index (χ2n) is 7.94. The van der Waals surface area contributed by atoms with Crippen LogP contribution in [0.1, 0.15) is 65.2 Å². The van der Waals surface area contributed by atoms with Gasteiger partial charge >= 0.3 is 0 Å². The molecule has 0 spiro atoms. The van der Waals surface area contributed by atoms with Crippen molar-refractivity contribution in [1.29, 1.82) is 0 Å². The van der Waals surface area contributed by atoms with E-state index in [0.29, 0.717) is 5.92 Å². The van der Waals surface area contributed by atoms with Gasteiger partial charge in [0.2, 0.25) is 5.79 Å². The molecule has 2 saturated carbocycles. The molecule has 0 amide bonds. The van der Waals surface area contributed by atoms with Crippen LogP contribution in [0.15, 0.2) is 0 Å². The maximum absolute atomic E-state index is 11.2. The highest BCUT2D eigenvalue weighted by molar-refractivity contribution is 5.02. The largest absolute Gasteiger partial charge is 0.361 e. The Kier molecular flexibility index (Phi) is 3.78. The van der Waals surface area contributed by atoms with Gasteiger partial charge in [-0.15, -0.1) is 0 Å². The van der Waals surface area contributed by atoms with Gasteiger partial charge in [0, 0.05) is 5.92 Å². The summed E-state index contributed by atoms with van der Waals surface area (Å²) in [4.78, 5) is 11.4. The molecule has 4 fully saturated rings. The van der Waals surface area contributed by atoms with Crippen LogP contribution in [0.3, 0.4) is 0 Å². The van der Waals surface area contributed by atoms with Gasteiger partial charge in [-0.05, 0) is 45.4 Å². The SMILES string of the molecule is CC1(C)O[C@H]2[C@H](C3CCCC3)OOC(O)(C3CCCC3)[C@H]2O1. The minimum atomic E-state index is -1.37. The molecule has 126 valence electrons. The van der Waals surface area contributed by atoms with E-state index < -0.39 is 17.7 Å². The van der Waals surface area contributed by atoms with Crippen LogP contribution in [-0.4, -0.2) is 35.0 Å². The van der Waals surface area contributed by atoms with Crippen molar-refractivity contribution in [2.75, 3.05) is 0 Å². The van der Waals surface area contributed by atoms with E-state index in [4.69, 9.17) is 19.2 Å². The second-order valence-corrected chi connectivity index (χ2v) is 7.94. The number of hydrogen-bond acceptors (Lipinski definition) is 5. The van der Waals surface area contributed by atoms with Crippen LogP contribution in [0.25, 0.3) is 0 Å². The van der Waals surface area contributed by atoms with Crippen LogP contribution in [0, 0.1) is 11.8 Å². The molecule has 0 bridgehead atoms. The molecule has 5 nitrogen and oxygen atoms in total. The number of ether oxygens (including phenoxy) is 2. The van der Waals surface area contributed by atoms with E-state index in [2.05, 4.69) is 0 Å². The van der Waals surface area contributed by atoms with E-state index in [0.717, 1.165) is 38.5 Å². The molecule has 0 aromatic carbocycles. The fourth-order valence-corrected chi connectivity index (χ4v) is 4.86. The number of aliphatic hydroxyl groups is 1. The van der Waals surface area contributed by atoms with Crippen molar-refractivity contribution in [2.24, 2.45) is 11.8 Å². The maximum Gasteiger partial charge on any atom is 0.231 e. The Morgan fingerprint density at radius 3 is 2.18 bits per heavy atom. The van der Waals surface area contributed by atoms with Gasteiger partial charge in [0.05, 0.1) is 0 Å². The molecular weight excluding hydrogens is 284 g/mol. The van der Waals surface area contributed by atoms with Crippen molar-refractivity contribution in [3.05, 3.63) is 0 Å². The molecule has 4 aliphatic rings. The van der Waals surface area contributed by atoms with Crippen LogP contribution in [0.5, 0.6) is 0 Å². The minimum Gasteiger partial charge on any atom is -0.361 e. The van der Waals surface area contributed by atoms with Gasteiger partial charge in [-0.3, -0.25) is 0 Å². The molecule has 1 N–H and O–H groups in total. The predicted molar refractivity (Wildman–Crippen MR) is 78.6 cm³/mol. The molecule has 4 atom stereocenters. The summed E-state index contributed by atoms with van der Waals surface area (Å²) < 4.78 is 12.2. The molecule has 0 aromatic heterocycles. The van der Waals surface area contributed by atoms with Crippen LogP contribution in [0.4, 0.5) is 0 Å². The lowest BCUT2D eigenvalue weighted by Gasteiger charge is -2.45. The molecule has 0 aromatic rings. The van der Waals surface area contributed by atoms with Crippen LogP contribution in [-0.2, 0) is 19.2 Å². The van der Waals surface area contributed by atoms with Gasteiger partial charge in [-0.2, -0.15) is 4.89 Å². The summed E-state index contributed by atoms with van der Waals surface area (Å²) in [6, 6.07) is 0. The van der Waals surface area contributed by atoms with Gasteiger partial charge in [-0.1, -0.05) is 25.7 Å². The monoisotopic (exact) mass is 312 g/mol. The standard InChI is InChI=1S/C17H28O5/c1-16(2)19-14-13(11-7-3-4-8-11)21-22-17(18,15(14)20-16)12-9-5-6-10-12/h11-15,18H,3-10H2,1-2H3/t13-,14-,15-,17?/m0/s1. The molecule has 5 heteroatoms. The lowest BCUT2D eigenvalue weighted by molar-refractivity contribution is -0.503. The topological polar surface area (TPSA) is 57.2 Å². The normalized spacial score (nSPS) is 46.2. The summed E-state index contributed by atoms with van der Waals surface area (Å²) in [6.45, 7) is 3.82. The van der Waals surface area contributed by atoms with Gasteiger partial charge in [0.15, 0.2) is 5.79 Å². The Labute approximate surface area is 132 Å². The quantitative estimate of drug-likeness (QED) is 0.795. The van der Waals surface area contributed by atoms with Gasteiger partial charge < -0.3 is 14.6 Å². The van der Waals surface area contributed by atoms with E-state index in [1.807, 2.05) is 13.8 Å². The number of hydrogen-bond donors (Lipinski definition) is 1. The molecule has 2 aliphatic heterocycles. The van der Waals surface area contributed by atoms with Gasteiger partial charge in [0.1, 0.15) is 18.3 Å². The first-order valence-corrected chi connectivity index (χ1v) is 8.92. The molecule has 4 rings (SSSR count). The Bertz CT molecular complexity index is 413. The van der Waals surface area contributed by atoms with Crippen molar-refractivity contribution in [2.45, 2.75) is 95.1 Å². The van der Waals surface area contributed by atoms with Crippen molar-refractivity contribution in [1.82, 2.24) is 0 Å². The Hall–Kier alpha value is -0.200. The summed E-state index contributed by atoms with van der Waals surface area (Å²) in [5, 5.41) is 11.2. The highest BCUT2D eigenvalue weighted by Crippen LogP contribution is 2.49. The number of rotatable bonds is 2.